The average molecular weight is 224 g/mol. The maximum atomic E-state index is 11.0. The maximum absolute atomic E-state index is 11.0. The Hall–Kier alpha value is -0.660. The van der Waals surface area contributed by atoms with E-state index in [9.17, 15) is 13.2 Å². The number of carbonyl (C=O) groups is 1. The molecule has 6 nitrogen and oxygen atoms in total. The van der Waals surface area contributed by atoms with Gasteiger partial charge >= 0.3 is 5.97 Å². The molecule has 0 aromatic rings. The van der Waals surface area contributed by atoms with Gasteiger partial charge in [0.05, 0.1) is 0 Å². The van der Waals surface area contributed by atoms with Crippen molar-refractivity contribution < 1.29 is 18.3 Å². The van der Waals surface area contributed by atoms with Crippen molar-refractivity contribution in [2.75, 3.05) is 25.4 Å². The number of carboxylic acid groups (broad SMARTS) is 1. The van der Waals surface area contributed by atoms with E-state index < -0.39 is 21.7 Å². The minimum absolute atomic E-state index is 0.266. The number of nitrogens with one attached hydrogen (secondary N) is 2. The van der Waals surface area contributed by atoms with Crippen molar-refractivity contribution >= 4 is 16.0 Å². The zero-order valence-corrected chi connectivity index (χ0v) is 8.93. The van der Waals surface area contributed by atoms with Gasteiger partial charge in [0, 0.05) is 6.54 Å². The molecule has 0 aromatic heterocycles. The minimum atomic E-state index is -3.65. The van der Waals surface area contributed by atoms with Crippen molar-refractivity contribution in [3.8, 4) is 0 Å². The topological polar surface area (TPSA) is 95.5 Å². The normalized spacial score (nSPS) is 11.5. The third-order valence-electron chi connectivity index (χ3n) is 1.42. The van der Waals surface area contributed by atoms with Crippen molar-refractivity contribution in [2.24, 2.45) is 0 Å². The largest absolute Gasteiger partial charge is 0.480 e. The van der Waals surface area contributed by atoms with Crippen LogP contribution in [-0.2, 0) is 14.8 Å². The smallest absolute Gasteiger partial charge is 0.320 e. The van der Waals surface area contributed by atoms with E-state index in [1.54, 1.807) is 0 Å². The molecule has 0 fully saturated rings. The first-order chi connectivity index (χ1) is 6.48. The zero-order valence-electron chi connectivity index (χ0n) is 8.12. The molecule has 0 bridgehead atoms. The predicted molar refractivity (Wildman–Crippen MR) is 52.6 cm³/mol. The fourth-order valence-electron chi connectivity index (χ4n) is 0.831. The van der Waals surface area contributed by atoms with Crippen molar-refractivity contribution in [1.82, 2.24) is 10.0 Å². The molecule has 0 rings (SSSR count). The van der Waals surface area contributed by atoms with Crippen LogP contribution in [-0.4, -0.2) is 44.9 Å². The molecular formula is C7H16N2O4S. The van der Waals surface area contributed by atoms with Gasteiger partial charge in [-0.15, -0.1) is 0 Å². The second kappa shape index (κ2) is 6.74. The lowest BCUT2D eigenvalue weighted by Gasteiger charge is -2.04. The minimum Gasteiger partial charge on any atom is -0.480 e. The molecule has 84 valence electrons. The number of sulfonamides is 1. The van der Waals surface area contributed by atoms with Gasteiger partial charge in [0.25, 0.3) is 0 Å². The third kappa shape index (κ3) is 7.96. The van der Waals surface area contributed by atoms with Gasteiger partial charge in [-0.3, -0.25) is 4.79 Å². The van der Waals surface area contributed by atoms with Crippen molar-refractivity contribution in [1.29, 1.82) is 0 Å². The van der Waals surface area contributed by atoms with Crippen LogP contribution in [0.5, 0.6) is 0 Å². The monoisotopic (exact) mass is 224 g/mol. The van der Waals surface area contributed by atoms with Crippen LogP contribution in [0.25, 0.3) is 0 Å². The summed E-state index contributed by atoms with van der Waals surface area (Å²) in [5, 5.41) is 11.3. The van der Waals surface area contributed by atoms with Crippen LogP contribution in [0.4, 0.5) is 0 Å². The van der Waals surface area contributed by atoms with Gasteiger partial charge in [0.1, 0.15) is 0 Å². The molecule has 0 heterocycles. The highest BCUT2D eigenvalue weighted by atomic mass is 32.2. The summed E-state index contributed by atoms with van der Waals surface area (Å²) in [6.45, 7) is 3.77. The molecule has 0 spiro atoms. The summed E-state index contributed by atoms with van der Waals surface area (Å²) in [6, 6.07) is 0. The first kappa shape index (κ1) is 13.3. The highest BCUT2D eigenvalue weighted by Crippen LogP contribution is 1.84. The molecule has 0 aromatic carbocycles. The quantitative estimate of drug-likeness (QED) is 0.459. The second-order valence-electron chi connectivity index (χ2n) is 2.75. The van der Waals surface area contributed by atoms with Gasteiger partial charge in [-0.05, 0) is 19.5 Å². The summed E-state index contributed by atoms with van der Waals surface area (Å²) in [7, 11) is -3.65. The Morgan fingerprint density at radius 3 is 2.50 bits per heavy atom. The van der Waals surface area contributed by atoms with Crippen LogP contribution in [0.1, 0.15) is 13.3 Å². The molecule has 0 unspecified atom stereocenters. The van der Waals surface area contributed by atoms with E-state index in [0.717, 1.165) is 6.54 Å². The van der Waals surface area contributed by atoms with E-state index in [-0.39, 0.29) is 6.54 Å². The lowest BCUT2D eigenvalue weighted by atomic mass is 10.4. The number of rotatable bonds is 8. The summed E-state index contributed by atoms with van der Waals surface area (Å²) >= 11 is 0. The SMILES string of the molecule is CCNCCCNS(=O)(=O)CC(=O)O. The van der Waals surface area contributed by atoms with Crippen molar-refractivity contribution in [3.63, 3.8) is 0 Å². The van der Waals surface area contributed by atoms with Crippen LogP contribution in [0, 0.1) is 0 Å². The van der Waals surface area contributed by atoms with Gasteiger partial charge in [-0.1, -0.05) is 6.92 Å². The van der Waals surface area contributed by atoms with Gasteiger partial charge in [-0.2, -0.15) is 0 Å². The highest BCUT2D eigenvalue weighted by molar-refractivity contribution is 7.90. The van der Waals surface area contributed by atoms with Crippen LogP contribution >= 0.6 is 0 Å². The fourth-order valence-corrected chi connectivity index (χ4v) is 1.71. The summed E-state index contributed by atoms with van der Waals surface area (Å²) in [5.41, 5.74) is 0. The van der Waals surface area contributed by atoms with E-state index >= 15 is 0 Å². The average Bonchev–Trinajstić information content (AvgIpc) is 2.01. The molecule has 0 aliphatic heterocycles. The molecule has 0 radical (unpaired) electrons. The standard InChI is InChI=1S/C7H16N2O4S/c1-2-8-4-3-5-9-14(12,13)6-7(10)11/h8-9H,2-6H2,1H3,(H,10,11). The molecule has 3 N–H and O–H groups in total. The number of hydrogen-bond donors (Lipinski definition) is 3. The number of carboxylic acids is 1. The van der Waals surface area contributed by atoms with Crippen LogP contribution < -0.4 is 10.0 Å². The molecule has 0 aliphatic rings. The third-order valence-corrected chi connectivity index (χ3v) is 2.69. The Kier molecular flexibility index (Phi) is 6.43. The Morgan fingerprint density at radius 2 is 2.00 bits per heavy atom. The lowest BCUT2D eigenvalue weighted by Crippen LogP contribution is -2.32. The van der Waals surface area contributed by atoms with Crippen LogP contribution in [0.3, 0.4) is 0 Å². The van der Waals surface area contributed by atoms with Gasteiger partial charge < -0.3 is 10.4 Å². The van der Waals surface area contributed by atoms with Gasteiger partial charge in [0.15, 0.2) is 5.75 Å². The first-order valence-corrected chi connectivity index (χ1v) is 6.03. The fraction of sp³-hybridized carbons (Fsp3) is 0.857. The molecule has 0 saturated carbocycles. The predicted octanol–water partition coefficient (Wildman–Crippen LogP) is -1.01. The van der Waals surface area contributed by atoms with E-state index in [1.165, 1.54) is 0 Å². The maximum Gasteiger partial charge on any atom is 0.320 e. The highest BCUT2D eigenvalue weighted by Gasteiger charge is 2.13. The first-order valence-electron chi connectivity index (χ1n) is 4.38. The van der Waals surface area contributed by atoms with Crippen LogP contribution in [0.15, 0.2) is 0 Å². The van der Waals surface area contributed by atoms with E-state index in [0.29, 0.717) is 13.0 Å². The van der Waals surface area contributed by atoms with E-state index in [4.69, 9.17) is 5.11 Å². The van der Waals surface area contributed by atoms with E-state index in [2.05, 4.69) is 10.0 Å². The summed E-state index contributed by atoms with van der Waals surface area (Å²) in [6.07, 6.45) is 0.646. The molecule has 0 aliphatic carbocycles. The molecule has 14 heavy (non-hydrogen) atoms. The van der Waals surface area contributed by atoms with Gasteiger partial charge in [0.2, 0.25) is 10.0 Å². The Balaban J connectivity index is 3.61. The van der Waals surface area contributed by atoms with Crippen LogP contribution in [0.2, 0.25) is 0 Å². The molecule has 0 amide bonds. The zero-order chi connectivity index (χ0) is 11.0. The van der Waals surface area contributed by atoms with E-state index in [1.807, 2.05) is 6.92 Å². The van der Waals surface area contributed by atoms with Crippen molar-refractivity contribution in [3.05, 3.63) is 0 Å². The lowest BCUT2D eigenvalue weighted by molar-refractivity contribution is -0.134. The molecular weight excluding hydrogens is 208 g/mol. The summed E-state index contributed by atoms with van der Waals surface area (Å²) in [4.78, 5) is 10.1. The number of hydrogen-bond acceptors (Lipinski definition) is 4. The number of aliphatic carboxylic acids is 1. The molecule has 0 atom stereocenters. The molecule has 0 saturated heterocycles. The van der Waals surface area contributed by atoms with Crippen molar-refractivity contribution in [2.45, 2.75) is 13.3 Å². The summed E-state index contributed by atoms with van der Waals surface area (Å²) in [5.74, 6) is -2.21. The van der Waals surface area contributed by atoms with Gasteiger partial charge in [-0.25, -0.2) is 13.1 Å². The Bertz CT molecular complexity index is 263. The Morgan fingerprint density at radius 1 is 1.36 bits per heavy atom. The molecule has 7 heteroatoms. The Labute approximate surface area is 83.7 Å². The second-order valence-corrected chi connectivity index (χ2v) is 4.56. The summed E-state index contributed by atoms with van der Waals surface area (Å²) < 4.78 is 24.1.